The van der Waals surface area contributed by atoms with E-state index in [1.54, 1.807) is 0 Å². The van der Waals surface area contributed by atoms with Gasteiger partial charge >= 0.3 is 0 Å². The SMILES string of the molecule is Cl.c1ccc(C[n+]2ccc(N3CCCCC3)cc2)cc1. The zero-order valence-corrected chi connectivity index (χ0v) is 12.6. The highest BCUT2D eigenvalue weighted by atomic mass is 35.5. The molecule has 2 heterocycles. The van der Waals surface area contributed by atoms with Gasteiger partial charge in [-0.05, 0) is 19.3 Å². The van der Waals surface area contributed by atoms with Crippen LogP contribution >= 0.6 is 12.4 Å². The number of halogens is 1. The Kier molecular flexibility index (Phi) is 5.42. The molecule has 0 radical (unpaired) electrons. The fourth-order valence-electron chi connectivity index (χ4n) is 2.71. The highest BCUT2D eigenvalue weighted by molar-refractivity contribution is 5.85. The first-order valence-corrected chi connectivity index (χ1v) is 7.20. The first-order valence-electron chi connectivity index (χ1n) is 7.20. The standard InChI is InChI=1S/C17H21N2.ClH/c1-3-7-16(8-4-1)15-18-13-9-17(10-14-18)19-11-5-2-6-12-19;/h1,3-4,7-10,13-14H,2,5-6,11-12,15H2;1H/q+1;. The molecule has 0 bridgehead atoms. The van der Waals surface area contributed by atoms with Gasteiger partial charge in [0.1, 0.15) is 0 Å². The third kappa shape index (κ3) is 3.73. The minimum atomic E-state index is 0. The van der Waals surface area contributed by atoms with Crippen LogP contribution in [0.1, 0.15) is 24.8 Å². The van der Waals surface area contributed by atoms with E-state index in [4.69, 9.17) is 0 Å². The van der Waals surface area contributed by atoms with E-state index < -0.39 is 0 Å². The summed E-state index contributed by atoms with van der Waals surface area (Å²) in [5.74, 6) is 0. The van der Waals surface area contributed by atoms with Gasteiger partial charge in [0.15, 0.2) is 18.9 Å². The van der Waals surface area contributed by atoms with Gasteiger partial charge in [-0.1, -0.05) is 30.3 Å². The summed E-state index contributed by atoms with van der Waals surface area (Å²) >= 11 is 0. The fourth-order valence-corrected chi connectivity index (χ4v) is 2.71. The summed E-state index contributed by atoms with van der Waals surface area (Å²) in [7, 11) is 0. The van der Waals surface area contributed by atoms with E-state index in [1.807, 2.05) is 0 Å². The van der Waals surface area contributed by atoms with Gasteiger partial charge in [-0.3, -0.25) is 0 Å². The van der Waals surface area contributed by atoms with Crippen molar-refractivity contribution >= 4 is 18.1 Å². The zero-order chi connectivity index (χ0) is 12.9. The fraction of sp³-hybridized carbons (Fsp3) is 0.353. The molecule has 2 nitrogen and oxygen atoms in total. The van der Waals surface area contributed by atoms with Crippen LogP contribution in [0.4, 0.5) is 5.69 Å². The Morgan fingerprint density at radius 2 is 1.50 bits per heavy atom. The summed E-state index contributed by atoms with van der Waals surface area (Å²) in [6, 6.07) is 15.1. The lowest BCUT2D eigenvalue weighted by Gasteiger charge is -2.28. The molecule has 1 aliphatic rings. The van der Waals surface area contributed by atoms with Crippen LogP contribution in [0, 0.1) is 0 Å². The van der Waals surface area contributed by atoms with E-state index in [2.05, 4.69) is 64.3 Å². The number of aromatic nitrogens is 1. The number of pyridine rings is 1. The summed E-state index contributed by atoms with van der Waals surface area (Å²) in [6.07, 6.45) is 8.43. The minimum absolute atomic E-state index is 0. The maximum atomic E-state index is 2.50. The number of nitrogens with zero attached hydrogens (tertiary/aromatic N) is 2. The molecule has 0 N–H and O–H groups in total. The van der Waals surface area contributed by atoms with E-state index in [9.17, 15) is 0 Å². The molecule has 0 spiro atoms. The second-order valence-electron chi connectivity index (χ2n) is 5.26. The van der Waals surface area contributed by atoms with Crippen molar-refractivity contribution in [2.45, 2.75) is 25.8 Å². The van der Waals surface area contributed by atoms with E-state index in [1.165, 1.54) is 43.6 Å². The molecule has 0 unspecified atom stereocenters. The van der Waals surface area contributed by atoms with Crippen LogP contribution < -0.4 is 9.47 Å². The lowest BCUT2D eigenvalue weighted by Crippen LogP contribution is -2.35. The Hall–Kier alpha value is -1.54. The monoisotopic (exact) mass is 289 g/mol. The molecule has 106 valence electrons. The molecule has 1 aromatic heterocycles. The Labute approximate surface area is 127 Å². The number of rotatable bonds is 3. The Morgan fingerprint density at radius 3 is 2.15 bits per heavy atom. The first kappa shape index (κ1) is 14.9. The van der Waals surface area contributed by atoms with Gasteiger partial charge in [-0.25, -0.2) is 4.57 Å². The van der Waals surface area contributed by atoms with Gasteiger partial charge in [0.2, 0.25) is 0 Å². The lowest BCUT2D eigenvalue weighted by atomic mass is 10.1. The molecule has 0 atom stereocenters. The molecule has 3 heteroatoms. The largest absolute Gasteiger partial charge is 0.371 e. The van der Waals surface area contributed by atoms with Crippen LogP contribution in [0.5, 0.6) is 0 Å². The molecule has 3 rings (SSSR count). The van der Waals surface area contributed by atoms with Gasteiger partial charge in [-0.15, -0.1) is 12.4 Å². The number of hydrogen-bond acceptors (Lipinski definition) is 1. The third-order valence-electron chi connectivity index (χ3n) is 3.80. The van der Waals surface area contributed by atoms with Crippen molar-refractivity contribution in [3.8, 4) is 0 Å². The molecule has 0 amide bonds. The zero-order valence-electron chi connectivity index (χ0n) is 11.7. The van der Waals surface area contributed by atoms with Gasteiger partial charge < -0.3 is 4.90 Å². The maximum Gasteiger partial charge on any atom is 0.173 e. The van der Waals surface area contributed by atoms with Crippen LogP contribution in [-0.2, 0) is 6.54 Å². The highest BCUT2D eigenvalue weighted by Crippen LogP contribution is 2.17. The van der Waals surface area contributed by atoms with E-state index in [-0.39, 0.29) is 12.4 Å². The van der Waals surface area contributed by atoms with Gasteiger partial charge in [0.25, 0.3) is 0 Å². The van der Waals surface area contributed by atoms with Gasteiger partial charge in [0.05, 0.1) is 0 Å². The van der Waals surface area contributed by atoms with Crippen LogP contribution in [0.3, 0.4) is 0 Å². The predicted octanol–water partition coefficient (Wildman–Crippen LogP) is 3.43. The molecular formula is C17H22ClN2+. The van der Waals surface area contributed by atoms with E-state index in [0.29, 0.717) is 0 Å². The number of piperidine rings is 1. The molecule has 1 fully saturated rings. The van der Waals surface area contributed by atoms with Crippen molar-refractivity contribution in [1.29, 1.82) is 0 Å². The van der Waals surface area contributed by atoms with Crippen LogP contribution in [0.2, 0.25) is 0 Å². The van der Waals surface area contributed by atoms with Crippen molar-refractivity contribution in [2.24, 2.45) is 0 Å². The van der Waals surface area contributed by atoms with E-state index in [0.717, 1.165) is 6.54 Å². The smallest absolute Gasteiger partial charge is 0.173 e. The van der Waals surface area contributed by atoms with Crippen molar-refractivity contribution in [2.75, 3.05) is 18.0 Å². The molecular weight excluding hydrogens is 268 g/mol. The number of hydrogen-bond donors (Lipinski definition) is 0. The molecule has 2 aromatic rings. The third-order valence-corrected chi connectivity index (χ3v) is 3.80. The average molecular weight is 290 g/mol. The molecule has 0 aliphatic carbocycles. The molecule has 0 saturated carbocycles. The molecule has 1 aliphatic heterocycles. The lowest BCUT2D eigenvalue weighted by molar-refractivity contribution is -0.688. The Balaban J connectivity index is 0.00000147. The van der Waals surface area contributed by atoms with Crippen LogP contribution in [0.15, 0.2) is 54.9 Å². The molecule has 1 saturated heterocycles. The Bertz CT molecular complexity index is 504. The quantitative estimate of drug-likeness (QED) is 0.785. The number of anilines is 1. The summed E-state index contributed by atoms with van der Waals surface area (Å²) in [4.78, 5) is 2.50. The first-order chi connectivity index (χ1) is 9.42. The summed E-state index contributed by atoms with van der Waals surface area (Å²) in [5, 5.41) is 0. The summed E-state index contributed by atoms with van der Waals surface area (Å²) in [5.41, 5.74) is 2.71. The highest BCUT2D eigenvalue weighted by Gasteiger charge is 2.12. The molecule has 1 aromatic carbocycles. The Morgan fingerprint density at radius 1 is 0.850 bits per heavy atom. The van der Waals surface area contributed by atoms with Crippen molar-refractivity contribution in [1.82, 2.24) is 0 Å². The predicted molar refractivity (Wildman–Crippen MR) is 85.5 cm³/mol. The van der Waals surface area contributed by atoms with Crippen LogP contribution in [-0.4, -0.2) is 13.1 Å². The van der Waals surface area contributed by atoms with Crippen molar-refractivity contribution in [3.05, 3.63) is 60.4 Å². The van der Waals surface area contributed by atoms with E-state index >= 15 is 0 Å². The van der Waals surface area contributed by atoms with Crippen LogP contribution in [0.25, 0.3) is 0 Å². The average Bonchev–Trinajstić information content (AvgIpc) is 2.50. The van der Waals surface area contributed by atoms with Gasteiger partial charge in [-0.2, -0.15) is 0 Å². The second kappa shape index (κ2) is 7.30. The topological polar surface area (TPSA) is 7.12 Å². The molecule has 20 heavy (non-hydrogen) atoms. The normalized spacial score (nSPS) is 14.7. The maximum absolute atomic E-state index is 2.50. The second-order valence-corrected chi connectivity index (χ2v) is 5.26. The van der Waals surface area contributed by atoms with Gasteiger partial charge in [0, 0.05) is 36.5 Å². The summed E-state index contributed by atoms with van der Waals surface area (Å²) < 4.78 is 2.24. The van der Waals surface area contributed by atoms with Crippen molar-refractivity contribution in [3.63, 3.8) is 0 Å². The van der Waals surface area contributed by atoms with Crippen molar-refractivity contribution < 1.29 is 4.57 Å². The minimum Gasteiger partial charge on any atom is -0.371 e. The number of benzene rings is 1. The summed E-state index contributed by atoms with van der Waals surface area (Å²) in [6.45, 7) is 3.37.